The zero-order valence-corrected chi connectivity index (χ0v) is 11.0. The second-order valence-corrected chi connectivity index (χ2v) is 4.91. The molecule has 1 unspecified atom stereocenters. The highest BCUT2D eigenvalue weighted by molar-refractivity contribution is 7.80. The smallest absolute Gasteiger partial charge is 0.123 e. The Labute approximate surface area is 116 Å². The first-order valence-electron chi connectivity index (χ1n) is 6.13. The first-order chi connectivity index (χ1) is 9.24. The highest BCUT2D eigenvalue weighted by atomic mass is 32.1. The fourth-order valence-electron chi connectivity index (χ4n) is 2.23. The molecule has 19 heavy (non-hydrogen) atoms. The number of rotatable bonds is 1. The van der Waals surface area contributed by atoms with Crippen LogP contribution in [0.25, 0.3) is 0 Å². The predicted molar refractivity (Wildman–Crippen MR) is 78.9 cm³/mol. The van der Waals surface area contributed by atoms with Crippen LogP contribution in [0.4, 0.5) is 10.1 Å². The number of anilines is 1. The van der Waals surface area contributed by atoms with E-state index >= 15 is 0 Å². The lowest BCUT2D eigenvalue weighted by Gasteiger charge is -2.18. The van der Waals surface area contributed by atoms with Crippen molar-refractivity contribution in [1.82, 2.24) is 5.32 Å². The van der Waals surface area contributed by atoms with Gasteiger partial charge in [0.25, 0.3) is 0 Å². The van der Waals surface area contributed by atoms with Crippen molar-refractivity contribution in [2.24, 2.45) is 0 Å². The molecule has 1 aliphatic heterocycles. The van der Waals surface area contributed by atoms with E-state index in [9.17, 15) is 4.39 Å². The normalized spacial score (nSPS) is 17.9. The van der Waals surface area contributed by atoms with E-state index in [4.69, 9.17) is 12.2 Å². The van der Waals surface area contributed by atoms with Gasteiger partial charge in [0.15, 0.2) is 0 Å². The summed E-state index contributed by atoms with van der Waals surface area (Å²) >= 11 is 5.36. The Kier molecular flexibility index (Phi) is 3.17. The number of hydrogen-bond acceptors (Lipinski definition) is 2. The van der Waals surface area contributed by atoms with E-state index in [1.165, 1.54) is 12.1 Å². The van der Waals surface area contributed by atoms with Crippen molar-refractivity contribution in [3.05, 3.63) is 65.5 Å². The van der Waals surface area contributed by atoms with Crippen molar-refractivity contribution in [2.45, 2.75) is 6.04 Å². The molecule has 0 radical (unpaired) electrons. The molecule has 0 fully saturated rings. The van der Waals surface area contributed by atoms with Gasteiger partial charge in [0.1, 0.15) is 10.8 Å². The Hall–Kier alpha value is -1.94. The van der Waals surface area contributed by atoms with E-state index in [1.807, 2.05) is 24.3 Å². The summed E-state index contributed by atoms with van der Waals surface area (Å²) in [5, 5.41) is 6.69. The summed E-state index contributed by atoms with van der Waals surface area (Å²) in [6.45, 7) is 0.680. The van der Waals surface area contributed by atoms with Crippen LogP contribution in [0.3, 0.4) is 0 Å². The topological polar surface area (TPSA) is 24.1 Å². The van der Waals surface area contributed by atoms with Gasteiger partial charge in [-0.25, -0.2) is 4.39 Å². The molecule has 1 heterocycles. The van der Waals surface area contributed by atoms with Crippen molar-refractivity contribution in [3.63, 3.8) is 0 Å². The molecule has 0 aliphatic carbocycles. The maximum atomic E-state index is 13.0. The van der Waals surface area contributed by atoms with Gasteiger partial charge in [0.2, 0.25) is 0 Å². The van der Waals surface area contributed by atoms with Crippen LogP contribution in [0.2, 0.25) is 0 Å². The number of para-hydroxylation sites is 1. The third kappa shape index (κ3) is 2.44. The quantitative estimate of drug-likeness (QED) is 0.779. The zero-order chi connectivity index (χ0) is 13.2. The summed E-state index contributed by atoms with van der Waals surface area (Å²) in [4.78, 5) is 0.743. The van der Waals surface area contributed by atoms with E-state index in [1.54, 1.807) is 12.1 Å². The minimum atomic E-state index is -0.221. The lowest BCUT2D eigenvalue weighted by Crippen LogP contribution is -2.26. The van der Waals surface area contributed by atoms with Crippen molar-refractivity contribution in [1.29, 1.82) is 0 Å². The monoisotopic (exact) mass is 272 g/mol. The second-order valence-electron chi connectivity index (χ2n) is 4.50. The number of benzene rings is 2. The number of hydrogen-bond donors (Lipinski definition) is 2. The largest absolute Gasteiger partial charge is 0.376 e. The second kappa shape index (κ2) is 4.97. The van der Waals surface area contributed by atoms with Crippen LogP contribution in [0.1, 0.15) is 17.2 Å². The standard InChI is InChI=1S/C15H13FN2S/c16-11-7-5-10(6-8-11)14-9-17-15(19)12-3-1-2-4-13(12)18-14/h1-8,14,18H,9H2,(H,17,19). The minimum Gasteiger partial charge on any atom is -0.376 e. The highest BCUT2D eigenvalue weighted by Gasteiger charge is 2.19. The maximum absolute atomic E-state index is 13.0. The summed E-state index contributed by atoms with van der Waals surface area (Å²) in [7, 11) is 0. The van der Waals surface area contributed by atoms with Gasteiger partial charge in [0, 0.05) is 17.8 Å². The van der Waals surface area contributed by atoms with Crippen LogP contribution in [-0.2, 0) is 0 Å². The van der Waals surface area contributed by atoms with E-state index in [-0.39, 0.29) is 11.9 Å². The molecule has 0 spiro atoms. The first-order valence-corrected chi connectivity index (χ1v) is 6.54. The Balaban J connectivity index is 1.94. The molecule has 0 aromatic heterocycles. The van der Waals surface area contributed by atoms with Gasteiger partial charge < -0.3 is 10.6 Å². The fourth-order valence-corrected chi connectivity index (χ4v) is 2.49. The molecule has 2 N–H and O–H groups in total. The number of halogens is 1. The Morgan fingerprint density at radius 3 is 2.58 bits per heavy atom. The minimum absolute atomic E-state index is 0.0715. The Morgan fingerprint density at radius 1 is 1.05 bits per heavy atom. The van der Waals surface area contributed by atoms with Gasteiger partial charge in [-0.15, -0.1) is 0 Å². The van der Waals surface area contributed by atoms with E-state index < -0.39 is 0 Å². The van der Waals surface area contributed by atoms with E-state index in [0.717, 1.165) is 21.8 Å². The molecule has 3 rings (SSSR count). The van der Waals surface area contributed by atoms with Crippen LogP contribution in [0, 0.1) is 5.82 Å². The van der Waals surface area contributed by atoms with Crippen LogP contribution >= 0.6 is 12.2 Å². The Bertz CT molecular complexity index is 610. The third-order valence-electron chi connectivity index (χ3n) is 3.24. The van der Waals surface area contributed by atoms with Gasteiger partial charge in [-0.2, -0.15) is 0 Å². The van der Waals surface area contributed by atoms with Gasteiger partial charge in [-0.05, 0) is 29.8 Å². The molecular formula is C15H13FN2S. The van der Waals surface area contributed by atoms with Gasteiger partial charge >= 0.3 is 0 Å². The number of nitrogens with one attached hydrogen (secondary N) is 2. The molecular weight excluding hydrogens is 259 g/mol. The van der Waals surface area contributed by atoms with Gasteiger partial charge in [-0.3, -0.25) is 0 Å². The van der Waals surface area contributed by atoms with E-state index in [0.29, 0.717) is 6.54 Å². The fraction of sp³-hybridized carbons (Fsp3) is 0.133. The first kappa shape index (κ1) is 12.1. The lowest BCUT2D eigenvalue weighted by atomic mass is 10.1. The summed E-state index contributed by atoms with van der Waals surface area (Å²) < 4.78 is 13.0. The Morgan fingerprint density at radius 2 is 1.79 bits per heavy atom. The molecule has 96 valence electrons. The van der Waals surface area contributed by atoms with E-state index in [2.05, 4.69) is 10.6 Å². The summed E-state index contributed by atoms with van der Waals surface area (Å²) in [6.07, 6.45) is 0. The molecule has 1 atom stereocenters. The van der Waals surface area contributed by atoms with Crippen molar-refractivity contribution in [2.75, 3.05) is 11.9 Å². The summed E-state index contributed by atoms with van der Waals surface area (Å²) in [5.41, 5.74) is 3.04. The molecule has 0 amide bonds. The maximum Gasteiger partial charge on any atom is 0.123 e. The average molecular weight is 272 g/mol. The lowest BCUT2D eigenvalue weighted by molar-refractivity contribution is 0.625. The molecule has 0 saturated carbocycles. The van der Waals surface area contributed by atoms with Crippen LogP contribution in [-0.4, -0.2) is 11.5 Å². The SMILES string of the molecule is Fc1ccc(C2CNC(=S)c3ccccc3N2)cc1. The van der Waals surface area contributed by atoms with Crippen molar-refractivity contribution >= 4 is 22.9 Å². The third-order valence-corrected chi connectivity index (χ3v) is 3.60. The van der Waals surface area contributed by atoms with Crippen LogP contribution < -0.4 is 10.6 Å². The predicted octanol–water partition coefficient (Wildman–Crippen LogP) is 3.26. The van der Waals surface area contributed by atoms with Crippen molar-refractivity contribution < 1.29 is 4.39 Å². The molecule has 2 aromatic carbocycles. The summed E-state index contributed by atoms with van der Waals surface area (Å²) in [6, 6.07) is 14.6. The average Bonchev–Trinajstić information content (AvgIpc) is 2.60. The zero-order valence-electron chi connectivity index (χ0n) is 10.2. The summed E-state index contributed by atoms with van der Waals surface area (Å²) in [5.74, 6) is -0.221. The molecule has 2 aromatic rings. The van der Waals surface area contributed by atoms with Crippen LogP contribution in [0.15, 0.2) is 48.5 Å². The molecule has 1 aliphatic rings. The van der Waals surface area contributed by atoms with Gasteiger partial charge in [0.05, 0.1) is 6.04 Å². The van der Waals surface area contributed by atoms with Crippen LogP contribution in [0.5, 0.6) is 0 Å². The van der Waals surface area contributed by atoms with Crippen molar-refractivity contribution in [3.8, 4) is 0 Å². The van der Waals surface area contributed by atoms with Gasteiger partial charge in [-0.1, -0.05) is 36.5 Å². The highest BCUT2D eigenvalue weighted by Crippen LogP contribution is 2.25. The number of thiocarbonyl (C=S) groups is 1. The molecule has 0 saturated heterocycles. The molecule has 4 heteroatoms. The molecule has 0 bridgehead atoms. The molecule has 2 nitrogen and oxygen atoms in total. The number of fused-ring (bicyclic) bond motifs is 1.